The van der Waals surface area contributed by atoms with Crippen LogP contribution >= 0.6 is 0 Å². The Hall–Kier alpha value is -2.80. The van der Waals surface area contributed by atoms with E-state index in [2.05, 4.69) is 27.2 Å². The lowest BCUT2D eigenvalue weighted by atomic mass is 10.0. The van der Waals surface area contributed by atoms with Crippen LogP contribution in [0.15, 0.2) is 35.1 Å². The molecule has 0 amide bonds. The SMILES string of the molecule is Cc1nc(Cn2c(C)nc3ccccc3c2=O)cc(NCC2(C)CCCO2)n1. The van der Waals surface area contributed by atoms with E-state index < -0.39 is 0 Å². The lowest BCUT2D eigenvalue weighted by Crippen LogP contribution is -2.33. The number of anilines is 1. The Labute approximate surface area is 163 Å². The highest BCUT2D eigenvalue weighted by molar-refractivity contribution is 5.77. The molecular formula is C21H25N5O2. The normalized spacial score (nSPS) is 19.2. The van der Waals surface area contributed by atoms with Crippen LogP contribution in [0.1, 0.15) is 37.1 Å². The van der Waals surface area contributed by atoms with Crippen molar-refractivity contribution in [2.75, 3.05) is 18.5 Å². The Morgan fingerprint density at radius 1 is 1.21 bits per heavy atom. The minimum absolute atomic E-state index is 0.0549. The van der Waals surface area contributed by atoms with Crippen LogP contribution in [0.25, 0.3) is 10.9 Å². The minimum Gasteiger partial charge on any atom is -0.373 e. The number of rotatable bonds is 5. The van der Waals surface area contributed by atoms with Gasteiger partial charge >= 0.3 is 0 Å². The van der Waals surface area contributed by atoms with Crippen LogP contribution in [0.4, 0.5) is 5.82 Å². The van der Waals surface area contributed by atoms with Crippen molar-refractivity contribution in [2.24, 2.45) is 0 Å². The van der Waals surface area contributed by atoms with Gasteiger partial charge in [0.25, 0.3) is 5.56 Å². The third-order valence-corrected chi connectivity index (χ3v) is 5.21. The number of ether oxygens (including phenoxy) is 1. The quantitative estimate of drug-likeness (QED) is 0.734. The molecule has 2 aromatic heterocycles. The number of para-hydroxylation sites is 1. The number of fused-ring (bicyclic) bond motifs is 1. The molecule has 3 heterocycles. The molecule has 1 fully saturated rings. The van der Waals surface area contributed by atoms with Crippen LogP contribution in [0, 0.1) is 13.8 Å². The van der Waals surface area contributed by atoms with E-state index in [4.69, 9.17) is 4.74 Å². The van der Waals surface area contributed by atoms with Gasteiger partial charge in [-0.1, -0.05) is 12.1 Å². The summed E-state index contributed by atoms with van der Waals surface area (Å²) in [7, 11) is 0. The fourth-order valence-corrected chi connectivity index (χ4v) is 3.68. The zero-order valence-electron chi connectivity index (χ0n) is 16.5. The molecule has 0 bridgehead atoms. The first-order valence-corrected chi connectivity index (χ1v) is 9.62. The highest BCUT2D eigenvalue weighted by Crippen LogP contribution is 2.25. The highest BCUT2D eigenvalue weighted by Gasteiger charge is 2.29. The van der Waals surface area contributed by atoms with Crippen molar-refractivity contribution < 1.29 is 4.74 Å². The van der Waals surface area contributed by atoms with Crippen molar-refractivity contribution in [2.45, 2.75) is 45.8 Å². The summed E-state index contributed by atoms with van der Waals surface area (Å²) in [6.45, 7) is 7.68. The fraction of sp³-hybridized carbons (Fsp3) is 0.429. The summed E-state index contributed by atoms with van der Waals surface area (Å²) in [5, 5.41) is 3.99. The summed E-state index contributed by atoms with van der Waals surface area (Å²) in [5.74, 6) is 2.08. The van der Waals surface area contributed by atoms with Crippen molar-refractivity contribution in [3.63, 3.8) is 0 Å². The largest absolute Gasteiger partial charge is 0.373 e. The van der Waals surface area contributed by atoms with E-state index in [1.54, 1.807) is 10.6 Å². The van der Waals surface area contributed by atoms with Crippen LogP contribution in [0.2, 0.25) is 0 Å². The average molecular weight is 379 g/mol. The molecule has 0 radical (unpaired) electrons. The zero-order valence-corrected chi connectivity index (χ0v) is 16.5. The average Bonchev–Trinajstić information content (AvgIpc) is 3.10. The maximum absolute atomic E-state index is 12.9. The second kappa shape index (κ2) is 7.31. The van der Waals surface area contributed by atoms with E-state index in [0.717, 1.165) is 31.0 Å². The number of hydrogen-bond donors (Lipinski definition) is 1. The van der Waals surface area contributed by atoms with Gasteiger partial charge in [0.15, 0.2) is 0 Å². The van der Waals surface area contributed by atoms with Gasteiger partial charge in [0, 0.05) is 19.2 Å². The molecule has 4 rings (SSSR count). The zero-order chi connectivity index (χ0) is 19.7. The van der Waals surface area contributed by atoms with Gasteiger partial charge in [0.05, 0.1) is 28.7 Å². The van der Waals surface area contributed by atoms with Gasteiger partial charge in [0.2, 0.25) is 0 Å². The lowest BCUT2D eigenvalue weighted by molar-refractivity contribution is 0.0314. The van der Waals surface area contributed by atoms with E-state index in [1.807, 2.05) is 38.1 Å². The number of aryl methyl sites for hydroxylation is 2. The van der Waals surface area contributed by atoms with Crippen molar-refractivity contribution in [1.29, 1.82) is 0 Å². The second-order valence-corrected chi connectivity index (χ2v) is 7.61. The molecule has 1 aromatic carbocycles. The van der Waals surface area contributed by atoms with Gasteiger partial charge in [-0.05, 0) is 45.7 Å². The summed E-state index contributed by atoms with van der Waals surface area (Å²) in [5.41, 5.74) is 1.28. The Morgan fingerprint density at radius 2 is 2.04 bits per heavy atom. The molecular weight excluding hydrogens is 354 g/mol. The molecule has 1 saturated heterocycles. The van der Waals surface area contributed by atoms with Crippen LogP contribution in [-0.2, 0) is 11.3 Å². The summed E-state index contributed by atoms with van der Waals surface area (Å²) in [6.07, 6.45) is 2.12. The molecule has 1 N–H and O–H groups in total. The van der Waals surface area contributed by atoms with E-state index in [0.29, 0.717) is 35.6 Å². The molecule has 1 aliphatic rings. The van der Waals surface area contributed by atoms with Crippen molar-refractivity contribution >= 4 is 16.7 Å². The van der Waals surface area contributed by atoms with Gasteiger partial charge in [-0.25, -0.2) is 15.0 Å². The molecule has 7 nitrogen and oxygen atoms in total. The maximum atomic E-state index is 12.9. The highest BCUT2D eigenvalue weighted by atomic mass is 16.5. The summed E-state index contributed by atoms with van der Waals surface area (Å²) in [6, 6.07) is 9.30. The Morgan fingerprint density at radius 3 is 2.82 bits per heavy atom. The molecule has 0 saturated carbocycles. The Balaban J connectivity index is 1.61. The topological polar surface area (TPSA) is 81.9 Å². The molecule has 1 aliphatic heterocycles. The number of aromatic nitrogens is 4. The van der Waals surface area contributed by atoms with E-state index >= 15 is 0 Å². The Kier molecular flexibility index (Phi) is 4.85. The van der Waals surface area contributed by atoms with Gasteiger partial charge in [-0.15, -0.1) is 0 Å². The van der Waals surface area contributed by atoms with Gasteiger partial charge in [0.1, 0.15) is 17.5 Å². The van der Waals surface area contributed by atoms with Crippen LogP contribution < -0.4 is 10.9 Å². The third kappa shape index (κ3) is 3.75. The molecule has 0 spiro atoms. The fourth-order valence-electron chi connectivity index (χ4n) is 3.68. The second-order valence-electron chi connectivity index (χ2n) is 7.61. The van der Waals surface area contributed by atoms with Gasteiger partial charge < -0.3 is 10.1 Å². The molecule has 28 heavy (non-hydrogen) atoms. The summed E-state index contributed by atoms with van der Waals surface area (Å²) in [4.78, 5) is 26.5. The number of nitrogens with zero attached hydrogens (tertiary/aromatic N) is 4. The third-order valence-electron chi connectivity index (χ3n) is 5.21. The maximum Gasteiger partial charge on any atom is 0.261 e. The minimum atomic E-state index is -0.158. The lowest BCUT2D eigenvalue weighted by Gasteiger charge is -2.23. The number of hydrogen-bond acceptors (Lipinski definition) is 6. The molecule has 146 valence electrons. The smallest absolute Gasteiger partial charge is 0.261 e. The van der Waals surface area contributed by atoms with Crippen LogP contribution in [-0.4, -0.2) is 38.3 Å². The molecule has 7 heteroatoms. The summed E-state index contributed by atoms with van der Waals surface area (Å²) < 4.78 is 7.49. The van der Waals surface area contributed by atoms with Crippen LogP contribution in [0.5, 0.6) is 0 Å². The van der Waals surface area contributed by atoms with E-state index in [9.17, 15) is 4.79 Å². The number of nitrogens with one attached hydrogen (secondary N) is 1. The first-order valence-electron chi connectivity index (χ1n) is 9.62. The van der Waals surface area contributed by atoms with E-state index in [-0.39, 0.29) is 11.2 Å². The number of benzene rings is 1. The van der Waals surface area contributed by atoms with Crippen molar-refractivity contribution in [3.8, 4) is 0 Å². The molecule has 1 unspecified atom stereocenters. The monoisotopic (exact) mass is 379 g/mol. The predicted molar refractivity (Wildman–Crippen MR) is 109 cm³/mol. The van der Waals surface area contributed by atoms with Gasteiger partial charge in [-0.2, -0.15) is 0 Å². The first-order chi connectivity index (χ1) is 13.4. The van der Waals surface area contributed by atoms with Gasteiger partial charge in [-0.3, -0.25) is 9.36 Å². The summed E-state index contributed by atoms with van der Waals surface area (Å²) >= 11 is 0. The molecule has 0 aliphatic carbocycles. The van der Waals surface area contributed by atoms with Crippen LogP contribution in [0.3, 0.4) is 0 Å². The van der Waals surface area contributed by atoms with Crippen molar-refractivity contribution in [1.82, 2.24) is 19.5 Å². The first kappa shape index (κ1) is 18.6. The van der Waals surface area contributed by atoms with E-state index in [1.165, 1.54) is 0 Å². The predicted octanol–water partition coefficient (Wildman–Crippen LogP) is 2.83. The standard InChI is InChI=1S/C21H25N5O2/c1-14-23-16(11-19(24-14)22-13-21(3)9-6-10-28-21)12-26-15(2)25-18-8-5-4-7-17(18)20(26)27/h4-5,7-8,11H,6,9-10,12-13H2,1-3H3,(H,22,23,24). The molecule has 3 aromatic rings. The Bertz CT molecular complexity index is 1070. The molecule has 1 atom stereocenters. The van der Waals surface area contributed by atoms with Crippen molar-refractivity contribution in [3.05, 3.63) is 58.0 Å².